The van der Waals surface area contributed by atoms with Crippen LogP contribution in [0.25, 0.3) is 33.6 Å². The van der Waals surface area contributed by atoms with E-state index in [1.807, 2.05) is 19.4 Å². The van der Waals surface area contributed by atoms with Gasteiger partial charge in [-0.1, -0.05) is 48.5 Å². The Morgan fingerprint density at radius 2 is 1.42 bits per heavy atom. The van der Waals surface area contributed by atoms with Crippen molar-refractivity contribution in [3.8, 4) is 33.6 Å². The molecule has 4 aromatic rings. The minimum absolute atomic E-state index is 0.201. The Morgan fingerprint density at radius 3 is 2.00 bits per heavy atom. The van der Waals surface area contributed by atoms with E-state index in [-0.39, 0.29) is 6.04 Å². The normalized spacial score (nSPS) is 17.2. The average molecular weight is 413 g/mol. The van der Waals surface area contributed by atoms with Crippen LogP contribution in [0, 0.1) is 0 Å². The Bertz CT molecular complexity index is 1130. The summed E-state index contributed by atoms with van der Waals surface area (Å²) in [6, 6.07) is 17.8. The van der Waals surface area contributed by atoms with Crippen molar-refractivity contribution in [1.29, 1.82) is 0 Å². The molecule has 0 aliphatic carbocycles. The van der Waals surface area contributed by atoms with Crippen LogP contribution in [0.1, 0.15) is 43.5 Å². The minimum atomic E-state index is 0.201. The van der Waals surface area contributed by atoms with E-state index >= 15 is 0 Å². The third-order valence-electron chi connectivity index (χ3n) is 6.15. The van der Waals surface area contributed by atoms with Gasteiger partial charge in [0.15, 0.2) is 0 Å². The Hall–Kier alpha value is -3.22. The Labute approximate surface area is 182 Å². The van der Waals surface area contributed by atoms with E-state index in [2.05, 4.69) is 86.0 Å². The first kappa shape index (κ1) is 19.7. The maximum absolute atomic E-state index is 4.58. The van der Waals surface area contributed by atoms with Crippen molar-refractivity contribution in [2.24, 2.45) is 0 Å². The van der Waals surface area contributed by atoms with Crippen LogP contribution >= 0.6 is 0 Å². The van der Waals surface area contributed by atoms with Gasteiger partial charge in [0.2, 0.25) is 0 Å². The summed E-state index contributed by atoms with van der Waals surface area (Å²) in [6.45, 7) is 3.16. The van der Waals surface area contributed by atoms with Crippen molar-refractivity contribution in [1.82, 2.24) is 30.6 Å². The van der Waals surface area contributed by atoms with Gasteiger partial charge in [-0.15, -0.1) is 0 Å². The van der Waals surface area contributed by atoms with Crippen LogP contribution in [0.5, 0.6) is 0 Å². The zero-order valence-electron chi connectivity index (χ0n) is 17.9. The van der Waals surface area contributed by atoms with Crippen molar-refractivity contribution in [3.63, 3.8) is 0 Å². The second kappa shape index (κ2) is 8.49. The highest BCUT2D eigenvalue weighted by molar-refractivity contribution is 5.71. The van der Waals surface area contributed by atoms with E-state index in [1.54, 1.807) is 0 Å². The van der Waals surface area contributed by atoms with Crippen molar-refractivity contribution in [2.45, 2.75) is 31.8 Å². The van der Waals surface area contributed by atoms with Gasteiger partial charge < -0.3 is 20.6 Å². The highest BCUT2D eigenvalue weighted by Gasteiger charge is 2.19. The zero-order chi connectivity index (χ0) is 21.2. The molecule has 1 aliphatic heterocycles. The van der Waals surface area contributed by atoms with Gasteiger partial charge in [0.1, 0.15) is 11.6 Å². The van der Waals surface area contributed by atoms with Crippen molar-refractivity contribution < 1.29 is 0 Å². The number of hydrogen-bond donors (Lipinski definition) is 4. The van der Waals surface area contributed by atoms with Gasteiger partial charge in [0.25, 0.3) is 0 Å². The fourth-order valence-electron chi connectivity index (χ4n) is 4.10. The average Bonchev–Trinajstić information content (AvgIpc) is 3.60. The Kier molecular flexibility index (Phi) is 5.40. The third-order valence-corrected chi connectivity index (χ3v) is 6.15. The molecule has 0 radical (unpaired) electrons. The number of nitrogens with zero attached hydrogens (tertiary/aromatic N) is 2. The Balaban J connectivity index is 1.31. The molecule has 6 nitrogen and oxygen atoms in total. The van der Waals surface area contributed by atoms with Crippen LogP contribution in [0.3, 0.4) is 0 Å². The maximum atomic E-state index is 4.58. The summed E-state index contributed by atoms with van der Waals surface area (Å²) in [5.74, 6) is 1.99. The lowest BCUT2D eigenvalue weighted by Crippen LogP contribution is -2.14. The summed E-state index contributed by atoms with van der Waals surface area (Å²) in [5.41, 5.74) is 6.77. The minimum Gasteiger partial charge on any atom is -0.341 e. The molecule has 2 aromatic carbocycles. The van der Waals surface area contributed by atoms with Crippen LogP contribution in [0.4, 0.5) is 0 Å². The first-order valence-corrected chi connectivity index (χ1v) is 10.9. The van der Waals surface area contributed by atoms with Crippen LogP contribution in [-0.2, 0) is 0 Å². The van der Waals surface area contributed by atoms with E-state index in [1.165, 1.54) is 17.5 Å². The van der Waals surface area contributed by atoms with Gasteiger partial charge in [-0.2, -0.15) is 0 Å². The van der Waals surface area contributed by atoms with Crippen molar-refractivity contribution in [3.05, 3.63) is 72.6 Å². The fraction of sp³-hybridized carbons (Fsp3) is 0.280. The SMILES string of the molecule is CN[C@@H](C)c1ncc(-c2ccc(-c3ccc(-c4cnc([C@H]5CCCN5)[nH]4)cc3)cc2)[nH]1. The topological polar surface area (TPSA) is 81.4 Å². The lowest BCUT2D eigenvalue weighted by molar-refractivity contribution is 0.613. The van der Waals surface area contributed by atoms with Crippen LogP contribution in [0.2, 0.25) is 0 Å². The number of aromatic nitrogens is 4. The highest BCUT2D eigenvalue weighted by Crippen LogP contribution is 2.28. The molecule has 158 valence electrons. The summed E-state index contributed by atoms with van der Waals surface area (Å²) in [5, 5.41) is 6.70. The summed E-state index contributed by atoms with van der Waals surface area (Å²) in [4.78, 5) is 15.9. The molecule has 31 heavy (non-hydrogen) atoms. The molecule has 4 N–H and O–H groups in total. The number of rotatable bonds is 6. The second-order valence-corrected chi connectivity index (χ2v) is 8.18. The monoisotopic (exact) mass is 412 g/mol. The predicted molar refractivity (Wildman–Crippen MR) is 124 cm³/mol. The summed E-state index contributed by atoms with van der Waals surface area (Å²) >= 11 is 0. The number of aromatic amines is 2. The van der Waals surface area contributed by atoms with Gasteiger partial charge in [0.05, 0.1) is 35.9 Å². The van der Waals surface area contributed by atoms with Crippen molar-refractivity contribution in [2.75, 3.05) is 13.6 Å². The van der Waals surface area contributed by atoms with Gasteiger partial charge in [-0.3, -0.25) is 0 Å². The molecule has 0 spiro atoms. The van der Waals surface area contributed by atoms with E-state index in [9.17, 15) is 0 Å². The van der Waals surface area contributed by atoms with Gasteiger partial charge in [-0.25, -0.2) is 9.97 Å². The van der Waals surface area contributed by atoms with Crippen molar-refractivity contribution >= 4 is 0 Å². The predicted octanol–water partition coefficient (Wildman–Crippen LogP) is 4.84. The second-order valence-electron chi connectivity index (χ2n) is 8.18. The molecule has 0 unspecified atom stereocenters. The van der Waals surface area contributed by atoms with Crippen LogP contribution in [0.15, 0.2) is 60.9 Å². The molecule has 3 heterocycles. The lowest BCUT2D eigenvalue weighted by Gasteiger charge is -2.07. The number of H-pyrrole nitrogens is 2. The molecule has 0 saturated carbocycles. The van der Waals surface area contributed by atoms with Crippen LogP contribution in [-0.4, -0.2) is 33.5 Å². The fourth-order valence-corrected chi connectivity index (χ4v) is 4.10. The molecule has 2 atom stereocenters. The number of imidazole rings is 2. The molecule has 1 saturated heterocycles. The summed E-state index contributed by atoms with van der Waals surface area (Å²) in [6.07, 6.45) is 6.19. The third kappa shape index (κ3) is 4.04. The molecule has 1 fully saturated rings. The standard InChI is InChI=1S/C25H28N6/c1-16(26-2)24-28-14-22(30-24)19-9-5-17(6-10-19)18-7-11-20(12-8-18)23-15-29-25(31-23)21-4-3-13-27-21/h5-12,14-16,21,26-27H,3-4,13H2,1-2H3,(H,28,30)(H,29,31)/t16-,21+/m0/s1. The molecule has 2 aromatic heterocycles. The molecular weight excluding hydrogens is 384 g/mol. The molecular formula is C25H28N6. The molecule has 5 rings (SSSR count). The molecule has 0 bridgehead atoms. The molecule has 6 heteroatoms. The van der Waals surface area contributed by atoms with Gasteiger partial charge in [0, 0.05) is 0 Å². The first-order chi connectivity index (χ1) is 15.2. The number of hydrogen-bond acceptors (Lipinski definition) is 4. The van der Waals surface area contributed by atoms with E-state index in [0.29, 0.717) is 6.04 Å². The van der Waals surface area contributed by atoms with Gasteiger partial charge >= 0.3 is 0 Å². The number of benzene rings is 2. The molecule has 1 aliphatic rings. The van der Waals surface area contributed by atoms with E-state index in [0.717, 1.165) is 47.1 Å². The smallest absolute Gasteiger partial charge is 0.123 e. The number of nitrogens with one attached hydrogen (secondary N) is 4. The largest absolute Gasteiger partial charge is 0.341 e. The quantitative estimate of drug-likeness (QED) is 0.365. The Morgan fingerprint density at radius 1 is 0.839 bits per heavy atom. The van der Waals surface area contributed by atoms with E-state index < -0.39 is 0 Å². The summed E-state index contributed by atoms with van der Waals surface area (Å²) in [7, 11) is 1.94. The maximum Gasteiger partial charge on any atom is 0.123 e. The van der Waals surface area contributed by atoms with Crippen LogP contribution < -0.4 is 10.6 Å². The van der Waals surface area contributed by atoms with E-state index in [4.69, 9.17) is 0 Å². The molecule has 0 amide bonds. The highest BCUT2D eigenvalue weighted by atomic mass is 15.0. The zero-order valence-corrected chi connectivity index (χ0v) is 17.9. The first-order valence-electron chi connectivity index (χ1n) is 10.9. The summed E-state index contributed by atoms with van der Waals surface area (Å²) < 4.78 is 0. The lowest BCUT2D eigenvalue weighted by atomic mass is 10.0. The van der Waals surface area contributed by atoms with Gasteiger partial charge in [-0.05, 0) is 55.6 Å².